The maximum absolute atomic E-state index is 11.0. The molecular weight excluding hydrogens is 270 g/mol. The summed E-state index contributed by atoms with van der Waals surface area (Å²) in [5.41, 5.74) is 7.72. The summed E-state index contributed by atoms with van der Waals surface area (Å²) in [6, 6.07) is 1.70. The summed E-state index contributed by atoms with van der Waals surface area (Å²) >= 11 is 0. The van der Waals surface area contributed by atoms with Crippen molar-refractivity contribution in [3.05, 3.63) is 24.0 Å². The first-order valence-corrected chi connectivity index (χ1v) is 7.33. The van der Waals surface area contributed by atoms with Crippen molar-refractivity contribution in [3.63, 3.8) is 0 Å². The van der Waals surface area contributed by atoms with Gasteiger partial charge in [0.05, 0.1) is 24.0 Å². The SMILES string of the molecule is CCO[C@@H]1[C@H](C)C[C@H](c2ccncc2N)C[C@@H]1NC(=O)O. The number of pyridine rings is 1. The number of carboxylic acid groups (broad SMARTS) is 1. The molecule has 1 saturated carbocycles. The van der Waals surface area contributed by atoms with Crippen LogP contribution in [0.15, 0.2) is 18.5 Å². The number of hydrogen-bond donors (Lipinski definition) is 3. The molecule has 4 N–H and O–H groups in total. The average molecular weight is 293 g/mol. The van der Waals surface area contributed by atoms with Crippen LogP contribution in [-0.4, -0.2) is 34.9 Å². The van der Waals surface area contributed by atoms with Gasteiger partial charge < -0.3 is 20.9 Å². The highest BCUT2D eigenvalue weighted by Gasteiger charge is 2.38. The van der Waals surface area contributed by atoms with Gasteiger partial charge in [-0.15, -0.1) is 0 Å². The van der Waals surface area contributed by atoms with Crippen LogP contribution in [0.4, 0.5) is 10.5 Å². The summed E-state index contributed by atoms with van der Waals surface area (Å²) in [6.07, 6.45) is 3.89. The monoisotopic (exact) mass is 293 g/mol. The van der Waals surface area contributed by atoms with Crippen molar-refractivity contribution in [2.45, 2.75) is 44.8 Å². The molecule has 1 aliphatic rings. The molecular formula is C15H23N3O3. The van der Waals surface area contributed by atoms with Gasteiger partial charge in [-0.1, -0.05) is 6.92 Å². The van der Waals surface area contributed by atoms with Crippen molar-refractivity contribution in [3.8, 4) is 0 Å². The normalized spacial score (nSPS) is 29.0. The first kappa shape index (κ1) is 15.6. The van der Waals surface area contributed by atoms with E-state index in [0.29, 0.717) is 18.7 Å². The summed E-state index contributed by atoms with van der Waals surface area (Å²) in [5.74, 6) is 0.477. The minimum absolute atomic E-state index is 0.0922. The van der Waals surface area contributed by atoms with E-state index in [4.69, 9.17) is 15.6 Å². The van der Waals surface area contributed by atoms with Gasteiger partial charge in [-0.3, -0.25) is 4.98 Å². The third-order valence-corrected chi connectivity index (χ3v) is 4.15. The van der Waals surface area contributed by atoms with Crippen LogP contribution in [0.25, 0.3) is 0 Å². The Morgan fingerprint density at radius 2 is 2.33 bits per heavy atom. The third-order valence-electron chi connectivity index (χ3n) is 4.15. The van der Waals surface area contributed by atoms with Crippen LogP contribution in [0.2, 0.25) is 0 Å². The summed E-state index contributed by atoms with van der Waals surface area (Å²) in [6.45, 7) is 4.60. The van der Waals surface area contributed by atoms with Crippen LogP contribution in [-0.2, 0) is 4.74 Å². The van der Waals surface area contributed by atoms with Gasteiger partial charge in [0, 0.05) is 12.8 Å². The number of aromatic nitrogens is 1. The van der Waals surface area contributed by atoms with Crippen LogP contribution < -0.4 is 11.1 Å². The Morgan fingerprint density at radius 3 is 2.95 bits per heavy atom. The number of amides is 1. The molecule has 1 aliphatic carbocycles. The second-order valence-electron chi connectivity index (χ2n) is 5.63. The maximum Gasteiger partial charge on any atom is 0.404 e. The molecule has 0 unspecified atom stereocenters. The molecule has 6 heteroatoms. The quantitative estimate of drug-likeness (QED) is 0.790. The number of carbonyl (C=O) groups is 1. The third kappa shape index (κ3) is 3.64. The maximum atomic E-state index is 11.0. The lowest BCUT2D eigenvalue weighted by molar-refractivity contribution is -0.0245. The van der Waals surface area contributed by atoms with Crippen molar-refractivity contribution >= 4 is 11.8 Å². The minimum atomic E-state index is -1.01. The number of nitrogens with one attached hydrogen (secondary N) is 1. The van der Waals surface area contributed by atoms with Crippen LogP contribution in [0.3, 0.4) is 0 Å². The van der Waals surface area contributed by atoms with Crippen molar-refractivity contribution in [1.82, 2.24) is 10.3 Å². The Labute approximate surface area is 124 Å². The zero-order chi connectivity index (χ0) is 15.4. The van der Waals surface area contributed by atoms with Gasteiger partial charge in [-0.05, 0) is 43.2 Å². The highest BCUT2D eigenvalue weighted by molar-refractivity contribution is 5.65. The van der Waals surface area contributed by atoms with Crippen molar-refractivity contribution in [2.75, 3.05) is 12.3 Å². The molecule has 0 spiro atoms. The molecule has 0 bridgehead atoms. The van der Waals surface area contributed by atoms with Gasteiger partial charge in [-0.2, -0.15) is 0 Å². The van der Waals surface area contributed by atoms with Gasteiger partial charge >= 0.3 is 6.09 Å². The fraction of sp³-hybridized carbons (Fsp3) is 0.600. The topological polar surface area (TPSA) is 97.5 Å². The number of nitrogens with two attached hydrogens (primary N) is 1. The first-order valence-electron chi connectivity index (χ1n) is 7.33. The number of hydrogen-bond acceptors (Lipinski definition) is 4. The molecule has 0 aliphatic heterocycles. The molecule has 116 valence electrons. The Balaban J connectivity index is 2.20. The first-order chi connectivity index (χ1) is 10.0. The van der Waals surface area contributed by atoms with Crippen LogP contribution >= 0.6 is 0 Å². The van der Waals surface area contributed by atoms with Gasteiger partial charge in [0.25, 0.3) is 0 Å². The number of nitrogens with zero attached hydrogens (tertiary/aromatic N) is 1. The van der Waals surface area contributed by atoms with E-state index in [-0.39, 0.29) is 24.0 Å². The van der Waals surface area contributed by atoms with Crippen molar-refractivity contribution in [1.29, 1.82) is 0 Å². The number of ether oxygens (including phenoxy) is 1. The molecule has 1 aromatic heterocycles. The zero-order valence-corrected chi connectivity index (χ0v) is 12.5. The van der Waals surface area contributed by atoms with Crippen molar-refractivity contribution < 1.29 is 14.6 Å². The second kappa shape index (κ2) is 6.76. The molecule has 1 amide bonds. The van der Waals surface area contributed by atoms with Gasteiger partial charge in [0.2, 0.25) is 0 Å². The average Bonchev–Trinajstić information content (AvgIpc) is 2.42. The number of nitrogen functional groups attached to an aromatic ring is 1. The summed E-state index contributed by atoms with van der Waals surface area (Å²) < 4.78 is 5.75. The Kier molecular flexibility index (Phi) is 5.01. The van der Waals surface area contributed by atoms with E-state index in [9.17, 15) is 4.79 Å². The molecule has 1 aromatic rings. The Bertz CT molecular complexity index is 495. The van der Waals surface area contributed by atoms with Gasteiger partial charge in [0.1, 0.15) is 0 Å². The highest BCUT2D eigenvalue weighted by atomic mass is 16.5. The van der Waals surface area contributed by atoms with Crippen LogP contribution in [0.5, 0.6) is 0 Å². The van der Waals surface area contributed by atoms with E-state index >= 15 is 0 Å². The highest BCUT2D eigenvalue weighted by Crippen LogP contribution is 2.39. The van der Waals surface area contributed by atoms with Crippen LogP contribution in [0, 0.1) is 5.92 Å². The zero-order valence-electron chi connectivity index (χ0n) is 12.5. The van der Waals surface area contributed by atoms with E-state index in [1.165, 1.54) is 0 Å². The van der Waals surface area contributed by atoms with E-state index in [0.717, 1.165) is 12.0 Å². The fourth-order valence-electron chi connectivity index (χ4n) is 3.33. The molecule has 0 aromatic carbocycles. The van der Waals surface area contributed by atoms with Crippen molar-refractivity contribution in [2.24, 2.45) is 5.92 Å². The van der Waals surface area contributed by atoms with Crippen LogP contribution in [0.1, 0.15) is 38.2 Å². The van der Waals surface area contributed by atoms with E-state index < -0.39 is 6.09 Å². The molecule has 21 heavy (non-hydrogen) atoms. The summed E-state index contributed by atoms with van der Waals surface area (Å²) in [7, 11) is 0. The predicted octanol–water partition coefficient (Wildman–Crippen LogP) is 2.22. The minimum Gasteiger partial charge on any atom is -0.465 e. The Hall–Kier alpha value is -1.82. The van der Waals surface area contributed by atoms with E-state index in [1.807, 2.05) is 13.0 Å². The lowest BCUT2D eigenvalue weighted by Gasteiger charge is -2.40. The second-order valence-corrected chi connectivity index (χ2v) is 5.63. The molecule has 0 radical (unpaired) electrons. The lowest BCUT2D eigenvalue weighted by Crippen LogP contribution is -2.50. The Morgan fingerprint density at radius 1 is 1.57 bits per heavy atom. The van der Waals surface area contributed by atoms with Gasteiger partial charge in [0.15, 0.2) is 0 Å². The van der Waals surface area contributed by atoms with Gasteiger partial charge in [-0.25, -0.2) is 4.79 Å². The molecule has 6 nitrogen and oxygen atoms in total. The smallest absolute Gasteiger partial charge is 0.404 e. The molecule has 4 atom stereocenters. The summed E-state index contributed by atoms with van der Waals surface area (Å²) in [5, 5.41) is 11.6. The standard InChI is InChI=1S/C15H23N3O3/c1-3-21-14-9(2)6-10(7-13(14)18-15(19)20)11-4-5-17-8-12(11)16/h4-5,8-10,13-14,18H,3,6-7,16H2,1-2H3,(H,19,20)/t9-,10+,13+,14-/m1/s1. The molecule has 1 heterocycles. The molecule has 2 rings (SSSR count). The largest absolute Gasteiger partial charge is 0.465 e. The fourth-order valence-corrected chi connectivity index (χ4v) is 3.33. The number of rotatable bonds is 4. The predicted molar refractivity (Wildman–Crippen MR) is 80.2 cm³/mol. The van der Waals surface area contributed by atoms with E-state index in [1.54, 1.807) is 12.4 Å². The summed E-state index contributed by atoms with van der Waals surface area (Å²) in [4.78, 5) is 15.0. The molecule has 1 fully saturated rings. The number of anilines is 1. The lowest BCUT2D eigenvalue weighted by atomic mass is 9.74. The molecule has 0 saturated heterocycles. The van der Waals surface area contributed by atoms with E-state index in [2.05, 4.69) is 17.2 Å².